The van der Waals surface area contributed by atoms with Gasteiger partial charge in [-0.2, -0.15) is 5.26 Å². The number of methoxy groups -OCH3 is 1. The molecule has 9 heteroatoms. The van der Waals surface area contributed by atoms with Crippen LogP contribution in [-0.2, 0) is 0 Å². The molecule has 4 rings (SSSR count). The van der Waals surface area contributed by atoms with E-state index < -0.39 is 10.8 Å². The van der Waals surface area contributed by atoms with Crippen molar-refractivity contribution in [1.82, 2.24) is 0 Å². The Morgan fingerprint density at radius 3 is 2.76 bits per heavy atom. The number of aromatic hydroxyl groups is 1. The molecule has 0 bridgehead atoms. The predicted molar refractivity (Wildman–Crippen MR) is 121 cm³/mol. The molecule has 0 spiro atoms. The van der Waals surface area contributed by atoms with Gasteiger partial charge in [-0.25, -0.2) is 0 Å². The third-order valence-corrected chi connectivity index (χ3v) is 5.22. The van der Waals surface area contributed by atoms with E-state index in [9.17, 15) is 20.5 Å². The minimum atomic E-state index is -0.863. The molecule has 3 N–H and O–H groups in total. The van der Waals surface area contributed by atoms with E-state index >= 15 is 0 Å². The summed E-state index contributed by atoms with van der Waals surface area (Å²) in [5, 5.41) is 31.7. The summed E-state index contributed by atoms with van der Waals surface area (Å²) >= 11 is 0. The molecule has 0 aromatic heterocycles. The summed E-state index contributed by atoms with van der Waals surface area (Å²) in [6.45, 7) is 0. The molecule has 0 aliphatic carbocycles. The fourth-order valence-corrected chi connectivity index (χ4v) is 3.70. The lowest BCUT2D eigenvalue weighted by Gasteiger charge is -2.28. The third-order valence-electron chi connectivity index (χ3n) is 5.22. The molecule has 3 aromatic carbocycles. The highest BCUT2D eigenvalue weighted by Crippen LogP contribution is 2.48. The van der Waals surface area contributed by atoms with Crippen LogP contribution in [-0.4, -0.2) is 23.4 Å². The fraction of sp³-hybridized carbons (Fsp3) is 0.0833. The molecular weight excluding hydrogens is 424 g/mol. The van der Waals surface area contributed by atoms with Crippen LogP contribution in [0, 0.1) is 21.4 Å². The molecule has 164 valence electrons. The van der Waals surface area contributed by atoms with Crippen molar-refractivity contribution in [3.05, 3.63) is 98.9 Å². The second kappa shape index (κ2) is 8.72. The summed E-state index contributed by atoms with van der Waals surface area (Å²) in [5.74, 6) is -0.377. The van der Waals surface area contributed by atoms with Crippen LogP contribution in [0.15, 0.2) is 77.1 Å². The van der Waals surface area contributed by atoms with Crippen molar-refractivity contribution < 1.29 is 19.5 Å². The van der Waals surface area contributed by atoms with Gasteiger partial charge in [0.1, 0.15) is 34.6 Å². The van der Waals surface area contributed by atoms with Gasteiger partial charge in [0.05, 0.1) is 23.5 Å². The maximum atomic E-state index is 11.3. The smallest absolute Gasteiger partial charge is 0.269 e. The number of hydrogen-bond acceptors (Lipinski definition) is 8. The number of nitro groups is 1. The number of aliphatic imine (C=N–C) groups is 1. The van der Waals surface area contributed by atoms with Gasteiger partial charge in [0.2, 0.25) is 5.88 Å². The summed E-state index contributed by atoms with van der Waals surface area (Å²) in [4.78, 5) is 15.2. The van der Waals surface area contributed by atoms with Crippen molar-refractivity contribution in [1.29, 1.82) is 5.26 Å². The standard InChI is InChI=1S/C24H18N4O5/c1-32-20-8-3-2-7-18(20)27-13-15-9-10-19(29)22-21(17(12-25)24(26)33-23(15)22)14-5-4-6-16(11-14)28(30)31/h2-11,13,21,29H,26H2,1H3/t21-/m0/s1. The molecule has 1 aliphatic heterocycles. The normalized spacial score (nSPS) is 15.0. The van der Waals surface area contributed by atoms with E-state index in [2.05, 4.69) is 4.99 Å². The maximum absolute atomic E-state index is 11.3. The summed E-state index contributed by atoms with van der Waals surface area (Å²) in [6.07, 6.45) is 1.53. The summed E-state index contributed by atoms with van der Waals surface area (Å²) in [5.41, 5.74) is 7.70. The van der Waals surface area contributed by atoms with Crippen LogP contribution in [0.1, 0.15) is 22.6 Å². The van der Waals surface area contributed by atoms with Gasteiger partial charge in [0, 0.05) is 23.9 Å². The molecular formula is C24H18N4O5. The van der Waals surface area contributed by atoms with Crippen LogP contribution in [0.4, 0.5) is 11.4 Å². The Hall–Kier alpha value is -4.84. The van der Waals surface area contributed by atoms with Gasteiger partial charge in [0.25, 0.3) is 5.69 Å². The van der Waals surface area contributed by atoms with Crippen molar-refractivity contribution >= 4 is 17.6 Å². The van der Waals surface area contributed by atoms with E-state index in [1.165, 1.54) is 30.5 Å². The highest BCUT2D eigenvalue weighted by atomic mass is 16.6. The van der Waals surface area contributed by atoms with E-state index in [1.807, 2.05) is 18.2 Å². The second-order valence-corrected chi connectivity index (χ2v) is 7.12. The zero-order valence-electron chi connectivity index (χ0n) is 17.4. The number of nitrogens with two attached hydrogens (primary N) is 1. The lowest BCUT2D eigenvalue weighted by atomic mass is 9.82. The van der Waals surface area contributed by atoms with Gasteiger partial charge in [-0.3, -0.25) is 15.1 Å². The number of allylic oxidation sites excluding steroid dienone is 1. The van der Waals surface area contributed by atoms with Crippen LogP contribution in [0.2, 0.25) is 0 Å². The number of hydrogen-bond donors (Lipinski definition) is 2. The molecule has 3 aromatic rings. The van der Waals surface area contributed by atoms with Gasteiger partial charge < -0.3 is 20.3 Å². The van der Waals surface area contributed by atoms with Crippen molar-refractivity contribution in [3.63, 3.8) is 0 Å². The van der Waals surface area contributed by atoms with Crippen molar-refractivity contribution in [2.24, 2.45) is 10.7 Å². The average molecular weight is 442 g/mol. The number of rotatable bonds is 5. The van der Waals surface area contributed by atoms with Crippen LogP contribution in [0.25, 0.3) is 0 Å². The van der Waals surface area contributed by atoms with Crippen molar-refractivity contribution in [2.75, 3.05) is 7.11 Å². The summed E-state index contributed by atoms with van der Waals surface area (Å²) in [6, 6.07) is 18.1. The number of nitro benzene ring substituents is 1. The Morgan fingerprint density at radius 1 is 1.24 bits per heavy atom. The molecule has 0 unspecified atom stereocenters. The average Bonchev–Trinajstić information content (AvgIpc) is 2.83. The number of nitrogens with zero attached hydrogens (tertiary/aromatic N) is 3. The number of non-ortho nitro benzene ring substituents is 1. The van der Waals surface area contributed by atoms with E-state index in [4.69, 9.17) is 15.2 Å². The Labute approximate surface area is 188 Å². The number of phenolic OH excluding ortho intramolecular Hbond substituents is 1. The highest BCUT2D eigenvalue weighted by Gasteiger charge is 2.35. The number of para-hydroxylation sites is 2. The molecule has 33 heavy (non-hydrogen) atoms. The quantitative estimate of drug-likeness (QED) is 0.341. The van der Waals surface area contributed by atoms with E-state index in [0.29, 0.717) is 22.6 Å². The maximum Gasteiger partial charge on any atom is 0.269 e. The monoisotopic (exact) mass is 442 g/mol. The Kier molecular flexibility index (Phi) is 5.66. The number of benzene rings is 3. The Bertz CT molecular complexity index is 1360. The van der Waals surface area contributed by atoms with Crippen molar-refractivity contribution in [3.8, 4) is 23.3 Å². The van der Waals surface area contributed by atoms with Gasteiger partial charge in [-0.15, -0.1) is 0 Å². The molecule has 1 heterocycles. The van der Waals surface area contributed by atoms with Gasteiger partial charge in [-0.05, 0) is 29.8 Å². The Morgan fingerprint density at radius 2 is 2.03 bits per heavy atom. The zero-order valence-corrected chi connectivity index (χ0v) is 17.4. The number of fused-ring (bicyclic) bond motifs is 1. The first-order valence-electron chi connectivity index (χ1n) is 9.79. The van der Waals surface area contributed by atoms with E-state index in [1.54, 1.807) is 31.4 Å². The lowest BCUT2D eigenvalue weighted by Crippen LogP contribution is -2.22. The number of phenols is 1. The van der Waals surface area contributed by atoms with Gasteiger partial charge >= 0.3 is 0 Å². The van der Waals surface area contributed by atoms with E-state index in [-0.39, 0.29) is 34.2 Å². The highest BCUT2D eigenvalue weighted by molar-refractivity contribution is 5.88. The zero-order chi connectivity index (χ0) is 23.5. The van der Waals surface area contributed by atoms with E-state index in [0.717, 1.165) is 0 Å². The molecule has 9 nitrogen and oxygen atoms in total. The van der Waals surface area contributed by atoms with Crippen molar-refractivity contribution in [2.45, 2.75) is 5.92 Å². The topological polar surface area (TPSA) is 144 Å². The lowest BCUT2D eigenvalue weighted by molar-refractivity contribution is -0.384. The first kappa shape index (κ1) is 21.4. The first-order chi connectivity index (χ1) is 15.9. The number of nitriles is 1. The molecule has 1 aliphatic rings. The molecule has 0 radical (unpaired) electrons. The van der Waals surface area contributed by atoms with Crippen LogP contribution >= 0.6 is 0 Å². The van der Waals surface area contributed by atoms with Gasteiger partial charge in [0.15, 0.2) is 0 Å². The van der Waals surface area contributed by atoms with Crippen LogP contribution in [0.5, 0.6) is 17.2 Å². The summed E-state index contributed by atoms with van der Waals surface area (Å²) in [7, 11) is 1.54. The van der Waals surface area contributed by atoms with Crippen LogP contribution in [0.3, 0.4) is 0 Å². The van der Waals surface area contributed by atoms with Gasteiger partial charge in [-0.1, -0.05) is 24.3 Å². The molecule has 1 atom stereocenters. The fourth-order valence-electron chi connectivity index (χ4n) is 3.70. The molecule has 0 fully saturated rings. The molecule has 0 saturated heterocycles. The minimum absolute atomic E-state index is 0.0390. The number of ether oxygens (including phenoxy) is 2. The minimum Gasteiger partial charge on any atom is -0.507 e. The largest absolute Gasteiger partial charge is 0.507 e. The molecule has 0 saturated carbocycles. The second-order valence-electron chi connectivity index (χ2n) is 7.12. The first-order valence-corrected chi connectivity index (χ1v) is 9.79. The van der Waals surface area contributed by atoms with Crippen LogP contribution < -0.4 is 15.2 Å². The SMILES string of the molecule is COc1ccccc1N=Cc1ccc(O)c2c1OC(N)=C(C#N)[C@@H]2c1cccc([N+](=O)[O-])c1. The predicted octanol–water partition coefficient (Wildman–Crippen LogP) is 4.28. The Balaban J connectivity index is 1.88. The summed E-state index contributed by atoms with van der Waals surface area (Å²) < 4.78 is 11.1. The molecule has 0 amide bonds. The third kappa shape index (κ3) is 3.93.